The zero-order valence-corrected chi connectivity index (χ0v) is 10.3. The second kappa shape index (κ2) is 6.31. The zero-order valence-electron chi connectivity index (χ0n) is 10.3. The van der Waals surface area contributed by atoms with Gasteiger partial charge in [-0.05, 0) is 32.3 Å². The van der Waals surface area contributed by atoms with Gasteiger partial charge in [-0.15, -0.1) is 0 Å². The molecule has 88 valence electrons. The van der Waals surface area contributed by atoms with Crippen molar-refractivity contribution in [2.24, 2.45) is 0 Å². The predicted molar refractivity (Wildman–Crippen MR) is 65.3 cm³/mol. The molecule has 1 unspecified atom stereocenters. The molecule has 0 aliphatic heterocycles. The molecule has 0 aliphatic carbocycles. The highest BCUT2D eigenvalue weighted by atomic mass is 16.5. The highest BCUT2D eigenvalue weighted by Gasteiger charge is 2.07. The van der Waals surface area contributed by atoms with E-state index >= 15 is 0 Å². The van der Waals surface area contributed by atoms with Gasteiger partial charge in [0, 0.05) is 6.42 Å². The number of rotatable bonds is 5. The van der Waals surface area contributed by atoms with Gasteiger partial charge in [0.05, 0.1) is 6.10 Å². The fourth-order valence-corrected chi connectivity index (χ4v) is 1.37. The molecule has 0 spiro atoms. The van der Waals surface area contributed by atoms with Gasteiger partial charge >= 0.3 is 5.97 Å². The summed E-state index contributed by atoms with van der Waals surface area (Å²) in [6, 6.07) is 8.25. The van der Waals surface area contributed by atoms with E-state index in [-0.39, 0.29) is 12.1 Å². The molecular formula is C14H20O2. The van der Waals surface area contributed by atoms with Crippen LogP contribution in [0.3, 0.4) is 0 Å². The van der Waals surface area contributed by atoms with E-state index in [9.17, 15) is 4.79 Å². The fourth-order valence-electron chi connectivity index (χ4n) is 1.37. The first kappa shape index (κ1) is 12.8. The molecule has 16 heavy (non-hydrogen) atoms. The fraction of sp³-hybridized carbons (Fsp3) is 0.500. The number of aryl methyl sites for hydroxylation is 2. The van der Waals surface area contributed by atoms with Crippen molar-refractivity contribution in [3.05, 3.63) is 35.4 Å². The summed E-state index contributed by atoms with van der Waals surface area (Å²) in [6.45, 7) is 5.99. The lowest BCUT2D eigenvalue weighted by atomic mass is 10.1. The van der Waals surface area contributed by atoms with Crippen LogP contribution in [-0.4, -0.2) is 12.1 Å². The molecule has 0 fully saturated rings. The van der Waals surface area contributed by atoms with Gasteiger partial charge in [-0.1, -0.05) is 36.8 Å². The first-order valence-electron chi connectivity index (χ1n) is 5.87. The Hall–Kier alpha value is -1.31. The summed E-state index contributed by atoms with van der Waals surface area (Å²) in [7, 11) is 0. The van der Waals surface area contributed by atoms with Gasteiger partial charge in [0.1, 0.15) is 0 Å². The largest absolute Gasteiger partial charge is 0.463 e. The van der Waals surface area contributed by atoms with Crippen LogP contribution in [0.2, 0.25) is 0 Å². The van der Waals surface area contributed by atoms with Gasteiger partial charge in [-0.3, -0.25) is 4.79 Å². The number of benzene rings is 1. The van der Waals surface area contributed by atoms with E-state index in [4.69, 9.17) is 4.74 Å². The molecule has 1 aromatic rings. The number of esters is 1. The van der Waals surface area contributed by atoms with Crippen molar-refractivity contribution in [2.45, 2.75) is 46.1 Å². The summed E-state index contributed by atoms with van der Waals surface area (Å²) < 4.78 is 5.21. The molecule has 1 aromatic carbocycles. The highest BCUT2D eigenvalue weighted by molar-refractivity contribution is 5.69. The molecule has 0 saturated carbocycles. The molecule has 1 atom stereocenters. The van der Waals surface area contributed by atoms with Gasteiger partial charge in [0.15, 0.2) is 0 Å². The van der Waals surface area contributed by atoms with Gasteiger partial charge in [0.2, 0.25) is 0 Å². The Morgan fingerprint density at radius 3 is 2.50 bits per heavy atom. The van der Waals surface area contributed by atoms with Crippen LogP contribution in [0.1, 0.15) is 37.8 Å². The van der Waals surface area contributed by atoms with E-state index in [2.05, 4.69) is 31.2 Å². The standard InChI is InChI=1S/C14H20O2/c1-4-12(3)16-14(15)10-9-13-7-5-11(2)6-8-13/h5-8,12H,4,9-10H2,1-3H3. The number of hydrogen-bond donors (Lipinski definition) is 0. The SMILES string of the molecule is CCC(C)OC(=O)CCc1ccc(C)cc1. The van der Waals surface area contributed by atoms with Crippen molar-refractivity contribution in [1.29, 1.82) is 0 Å². The Morgan fingerprint density at radius 1 is 1.31 bits per heavy atom. The minimum absolute atomic E-state index is 0.0329. The summed E-state index contributed by atoms with van der Waals surface area (Å²) in [5, 5.41) is 0. The second-order valence-electron chi connectivity index (χ2n) is 4.19. The average molecular weight is 220 g/mol. The third-order valence-electron chi connectivity index (χ3n) is 2.65. The van der Waals surface area contributed by atoms with Crippen LogP contribution in [0.4, 0.5) is 0 Å². The number of ether oxygens (including phenoxy) is 1. The van der Waals surface area contributed by atoms with Crippen LogP contribution in [-0.2, 0) is 16.0 Å². The monoisotopic (exact) mass is 220 g/mol. The lowest BCUT2D eigenvalue weighted by Gasteiger charge is -2.10. The molecule has 2 nitrogen and oxygen atoms in total. The van der Waals surface area contributed by atoms with Crippen molar-refractivity contribution in [3.63, 3.8) is 0 Å². The van der Waals surface area contributed by atoms with E-state index in [1.54, 1.807) is 0 Å². The van der Waals surface area contributed by atoms with E-state index in [0.717, 1.165) is 12.8 Å². The van der Waals surface area contributed by atoms with Crippen molar-refractivity contribution in [3.8, 4) is 0 Å². The van der Waals surface area contributed by atoms with Crippen LogP contribution in [0.15, 0.2) is 24.3 Å². The number of carbonyl (C=O) groups is 1. The third kappa shape index (κ3) is 4.47. The summed E-state index contributed by atoms with van der Waals surface area (Å²) in [6.07, 6.45) is 2.13. The maximum Gasteiger partial charge on any atom is 0.306 e. The minimum Gasteiger partial charge on any atom is -0.463 e. The number of hydrogen-bond acceptors (Lipinski definition) is 2. The lowest BCUT2D eigenvalue weighted by Crippen LogP contribution is -2.14. The molecule has 2 heteroatoms. The van der Waals surface area contributed by atoms with Crippen molar-refractivity contribution in [1.82, 2.24) is 0 Å². The molecule has 0 radical (unpaired) electrons. The minimum atomic E-state index is -0.102. The average Bonchev–Trinajstić information content (AvgIpc) is 2.28. The van der Waals surface area contributed by atoms with E-state index in [0.29, 0.717) is 6.42 Å². The Kier molecular flexibility index (Phi) is 5.03. The summed E-state index contributed by atoms with van der Waals surface area (Å²) in [5.74, 6) is -0.102. The summed E-state index contributed by atoms with van der Waals surface area (Å²) >= 11 is 0. The lowest BCUT2D eigenvalue weighted by molar-refractivity contribution is -0.148. The van der Waals surface area contributed by atoms with E-state index in [1.165, 1.54) is 11.1 Å². The van der Waals surface area contributed by atoms with Crippen LogP contribution in [0.5, 0.6) is 0 Å². The van der Waals surface area contributed by atoms with Crippen LogP contribution >= 0.6 is 0 Å². The maximum atomic E-state index is 11.4. The van der Waals surface area contributed by atoms with Gasteiger partial charge in [-0.2, -0.15) is 0 Å². The summed E-state index contributed by atoms with van der Waals surface area (Å²) in [4.78, 5) is 11.4. The van der Waals surface area contributed by atoms with Crippen molar-refractivity contribution in [2.75, 3.05) is 0 Å². The zero-order chi connectivity index (χ0) is 12.0. The van der Waals surface area contributed by atoms with E-state index < -0.39 is 0 Å². The van der Waals surface area contributed by atoms with Crippen molar-refractivity contribution >= 4 is 5.97 Å². The Morgan fingerprint density at radius 2 is 1.94 bits per heavy atom. The predicted octanol–water partition coefficient (Wildman–Crippen LogP) is 3.27. The smallest absolute Gasteiger partial charge is 0.306 e. The van der Waals surface area contributed by atoms with Crippen LogP contribution in [0.25, 0.3) is 0 Å². The molecule has 0 N–H and O–H groups in total. The Balaban J connectivity index is 2.34. The first-order chi connectivity index (χ1) is 7.61. The molecule has 0 aromatic heterocycles. The highest BCUT2D eigenvalue weighted by Crippen LogP contribution is 2.07. The first-order valence-corrected chi connectivity index (χ1v) is 5.87. The van der Waals surface area contributed by atoms with E-state index in [1.807, 2.05) is 13.8 Å². The van der Waals surface area contributed by atoms with Gasteiger partial charge < -0.3 is 4.74 Å². The van der Waals surface area contributed by atoms with Crippen LogP contribution in [0, 0.1) is 6.92 Å². The Labute approximate surface area is 97.6 Å². The molecule has 1 rings (SSSR count). The molecule has 0 aliphatic rings. The van der Waals surface area contributed by atoms with Gasteiger partial charge in [0.25, 0.3) is 0 Å². The maximum absolute atomic E-state index is 11.4. The number of carbonyl (C=O) groups excluding carboxylic acids is 1. The molecular weight excluding hydrogens is 200 g/mol. The van der Waals surface area contributed by atoms with Crippen molar-refractivity contribution < 1.29 is 9.53 Å². The molecule has 0 amide bonds. The molecule has 0 heterocycles. The van der Waals surface area contributed by atoms with Crippen LogP contribution < -0.4 is 0 Å². The normalized spacial score (nSPS) is 12.2. The van der Waals surface area contributed by atoms with Gasteiger partial charge in [-0.25, -0.2) is 0 Å². The molecule has 0 bridgehead atoms. The topological polar surface area (TPSA) is 26.3 Å². The third-order valence-corrected chi connectivity index (χ3v) is 2.65. The second-order valence-corrected chi connectivity index (χ2v) is 4.19. The molecule has 0 saturated heterocycles. The summed E-state index contributed by atoms with van der Waals surface area (Å²) in [5.41, 5.74) is 2.43. The quantitative estimate of drug-likeness (QED) is 0.712. The Bertz CT molecular complexity index is 327.